The Bertz CT molecular complexity index is 260. The maximum absolute atomic E-state index is 2.55. The molecule has 0 bridgehead atoms. The Labute approximate surface area is 81.1 Å². The molecule has 0 N–H and O–H groups in total. The summed E-state index contributed by atoms with van der Waals surface area (Å²) < 4.78 is 0. The molecule has 0 spiro atoms. The van der Waals surface area contributed by atoms with E-state index in [0.29, 0.717) is 6.04 Å². The van der Waals surface area contributed by atoms with Gasteiger partial charge in [0, 0.05) is 19.1 Å². The minimum atomic E-state index is 0.686. The molecule has 1 atom stereocenters. The first-order valence-electron chi connectivity index (χ1n) is 5.31. The van der Waals surface area contributed by atoms with Gasteiger partial charge in [-0.15, -0.1) is 0 Å². The van der Waals surface area contributed by atoms with Gasteiger partial charge < -0.3 is 0 Å². The third-order valence-electron chi connectivity index (χ3n) is 3.29. The summed E-state index contributed by atoms with van der Waals surface area (Å²) in [6, 6.07) is 0.686. The predicted octanol–water partition coefficient (Wildman–Crippen LogP) is 2.60. The zero-order valence-corrected chi connectivity index (χ0v) is 8.88. The molecule has 0 amide bonds. The van der Waals surface area contributed by atoms with E-state index >= 15 is 0 Å². The van der Waals surface area contributed by atoms with Gasteiger partial charge in [0.1, 0.15) is 0 Å². The van der Waals surface area contributed by atoms with Crippen LogP contribution in [0.3, 0.4) is 0 Å². The van der Waals surface area contributed by atoms with Crippen LogP contribution >= 0.6 is 0 Å². The van der Waals surface area contributed by atoms with E-state index in [1.807, 2.05) is 0 Å². The SMILES string of the molecule is CC1CC=CC2=C1CN(C(C)C)C2. The fourth-order valence-corrected chi connectivity index (χ4v) is 2.25. The molecular formula is C12H19N. The van der Waals surface area contributed by atoms with Crippen LogP contribution in [0.2, 0.25) is 0 Å². The van der Waals surface area contributed by atoms with Crippen molar-refractivity contribution in [3.8, 4) is 0 Å². The monoisotopic (exact) mass is 177 g/mol. The second-order valence-corrected chi connectivity index (χ2v) is 4.59. The van der Waals surface area contributed by atoms with Crippen LogP contribution in [0.5, 0.6) is 0 Å². The Morgan fingerprint density at radius 2 is 2.15 bits per heavy atom. The third-order valence-corrected chi connectivity index (χ3v) is 3.29. The molecule has 0 aromatic rings. The van der Waals surface area contributed by atoms with Crippen LogP contribution in [0.15, 0.2) is 23.3 Å². The molecule has 1 unspecified atom stereocenters. The maximum Gasteiger partial charge on any atom is 0.0239 e. The normalized spacial score (nSPS) is 28.8. The van der Waals surface area contributed by atoms with E-state index in [9.17, 15) is 0 Å². The summed E-state index contributed by atoms with van der Waals surface area (Å²) in [6.07, 6.45) is 5.90. The molecule has 1 aliphatic heterocycles. The van der Waals surface area contributed by atoms with E-state index in [1.165, 1.54) is 19.5 Å². The lowest BCUT2D eigenvalue weighted by Crippen LogP contribution is -2.29. The highest BCUT2D eigenvalue weighted by Crippen LogP contribution is 2.31. The highest BCUT2D eigenvalue weighted by Gasteiger charge is 2.26. The second kappa shape index (κ2) is 3.30. The van der Waals surface area contributed by atoms with Gasteiger partial charge in [-0.25, -0.2) is 0 Å². The smallest absolute Gasteiger partial charge is 0.0239 e. The molecular weight excluding hydrogens is 158 g/mol. The lowest BCUT2D eigenvalue weighted by molar-refractivity contribution is 0.278. The molecule has 1 heterocycles. The van der Waals surface area contributed by atoms with Crippen molar-refractivity contribution in [1.29, 1.82) is 0 Å². The molecule has 0 fully saturated rings. The van der Waals surface area contributed by atoms with Crippen molar-refractivity contribution < 1.29 is 0 Å². The van der Waals surface area contributed by atoms with Crippen LogP contribution in [-0.2, 0) is 0 Å². The number of nitrogens with zero attached hydrogens (tertiary/aromatic N) is 1. The molecule has 2 aliphatic rings. The van der Waals surface area contributed by atoms with Gasteiger partial charge in [-0.05, 0) is 37.3 Å². The van der Waals surface area contributed by atoms with Crippen molar-refractivity contribution in [1.82, 2.24) is 4.90 Å². The van der Waals surface area contributed by atoms with Gasteiger partial charge in [-0.3, -0.25) is 4.90 Å². The fraction of sp³-hybridized carbons (Fsp3) is 0.667. The molecule has 0 saturated heterocycles. The van der Waals surface area contributed by atoms with Crippen molar-refractivity contribution >= 4 is 0 Å². The lowest BCUT2D eigenvalue weighted by atomic mass is 9.90. The summed E-state index contributed by atoms with van der Waals surface area (Å²) in [5.41, 5.74) is 3.28. The zero-order chi connectivity index (χ0) is 9.42. The van der Waals surface area contributed by atoms with Gasteiger partial charge in [0.05, 0.1) is 0 Å². The summed E-state index contributed by atoms with van der Waals surface area (Å²) in [5.74, 6) is 0.781. The number of rotatable bonds is 1. The van der Waals surface area contributed by atoms with Gasteiger partial charge in [0.25, 0.3) is 0 Å². The molecule has 2 rings (SSSR count). The van der Waals surface area contributed by atoms with Crippen LogP contribution < -0.4 is 0 Å². The van der Waals surface area contributed by atoms with Gasteiger partial charge >= 0.3 is 0 Å². The van der Waals surface area contributed by atoms with E-state index in [1.54, 1.807) is 11.1 Å². The Kier molecular flexibility index (Phi) is 2.29. The number of allylic oxidation sites excluding steroid dienone is 1. The Balaban J connectivity index is 2.13. The largest absolute Gasteiger partial charge is 0.293 e. The van der Waals surface area contributed by atoms with Crippen molar-refractivity contribution in [3.63, 3.8) is 0 Å². The molecule has 1 nitrogen and oxygen atoms in total. The van der Waals surface area contributed by atoms with Crippen LogP contribution in [0.1, 0.15) is 27.2 Å². The topological polar surface area (TPSA) is 3.24 Å². The number of hydrogen-bond acceptors (Lipinski definition) is 1. The molecule has 1 heteroatoms. The predicted molar refractivity (Wildman–Crippen MR) is 56.7 cm³/mol. The summed E-state index contributed by atoms with van der Waals surface area (Å²) >= 11 is 0. The Morgan fingerprint density at radius 1 is 1.38 bits per heavy atom. The standard InChI is InChI=1S/C12H19N/c1-9(2)13-7-11-6-4-5-10(3)12(11)8-13/h4,6,9-10H,5,7-8H2,1-3H3. The quantitative estimate of drug-likeness (QED) is 0.595. The van der Waals surface area contributed by atoms with Crippen LogP contribution in [-0.4, -0.2) is 24.0 Å². The van der Waals surface area contributed by atoms with Gasteiger partial charge in [0.15, 0.2) is 0 Å². The van der Waals surface area contributed by atoms with Crippen molar-refractivity contribution in [3.05, 3.63) is 23.3 Å². The highest BCUT2D eigenvalue weighted by molar-refractivity contribution is 5.37. The molecule has 0 aromatic heterocycles. The van der Waals surface area contributed by atoms with Crippen LogP contribution in [0.4, 0.5) is 0 Å². The molecule has 1 aliphatic carbocycles. The van der Waals surface area contributed by atoms with E-state index in [4.69, 9.17) is 0 Å². The minimum Gasteiger partial charge on any atom is -0.293 e. The van der Waals surface area contributed by atoms with Crippen molar-refractivity contribution in [2.45, 2.75) is 33.2 Å². The van der Waals surface area contributed by atoms with Crippen LogP contribution in [0, 0.1) is 5.92 Å². The first kappa shape index (κ1) is 9.01. The zero-order valence-electron chi connectivity index (χ0n) is 8.88. The highest BCUT2D eigenvalue weighted by atomic mass is 15.2. The first-order chi connectivity index (χ1) is 6.18. The van der Waals surface area contributed by atoms with E-state index in [-0.39, 0.29) is 0 Å². The summed E-state index contributed by atoms with van der Waals surface area (Å²) in [4.78, 5) is 2.55. The molecule has 0 aromatic carbocycles. The molecule has 0 saturated carbocycles. The maximum atomic E-state index is 2.55. The van der Waals surface area contributed by atoms with E-state index < -0.39 is 0 Å². The van der Waals surface area contributed by atoms with Crippen molar-refractivity contribution in [2.75, 3.05) is 13.1 Å². The first-order valence-corrected chi connectivity index (χ1v) is 5.31. The van der Waals surface area contributed by atoms with E-state index in [0.717, 1.165) is 5.92 Å². The average Bonchev–Trinajstić information content (AvgIpc) is 2.49. The van der Waals surface area contributed by atoms with Crippen LogP contribution in [0.25, 0.3) is 0 Å². The fourth-order valence-electron chi connectivity index (χ4n) is 2.25. The van der Waals surface area contributed by atoms with Gasteiger partial charge in [-0.1, -0.05) is 19.1 Å². The second-order valence-electron chi connectivity index (χ2n) is 4.59. The van der Waals surface area contributed by atoms with Gasteiger partial charge in [0.2, 0.25) is 0 Å². The lowest BCUT2D eigenvalue weighted by Gasteiger charge is -2.21. The van der Waals surface area contributed by atoms with Gasteiger partial charge in [-0.2, -0.15) is 0 Å². The summed E-state index contributed by atoms with van der Waals surface area (Å²) in [6.45, 7) is 9.30. The summed E-state index contributed by atoms with van der Waals surface area (Å²) in [5, 5.41) is 0. The minimum absolute atomic E-state index is 0.686. The molecule has 72 valence electrons. The molecule has 0 radical (unpaired) electrons. The Morgan fingerprint density at radius 3 is 2.77 bits per heavy atom. The number of hydrogen-bond donors (Lipinski definition) is 0. The van der Waals surface area contributed by atoms with E-state index in [2.05, 4.69) is 37.8 Å². The summed E-state index contributed by atoms with van der Waals surface area (Å²) in [7, 11) is 0. The average molecular weight is 177 g/mol. The van der Waals surface area contributed by atoms with Crippen molar-refractivity contribution in [2.24, 2.45) is 5.92 Å². The molecule has 13 heavy (non-hydrogen) atoms. The third kappa shape index (κ3) is 1.58. The Hall–Kier alpha value is -0.560.